The number of anilines is 1. The molecule has 1 aromatic rings. The molecule has 0 saturated carbocycles. The lowest BCUT2D eigenvalue weighted by Crippen LogP contribution is -2.52. The number of fused-ring (bicyclic) bond motifs is 3. The van der Waals surface area contributed by atoms with Crippen LogP contribution in [0.25, 0.3) is 0 Å². The minimum absolute atomic E-state index is 0.0169. The van der Waals surface area contributed by atoms with Gasteiger partial charge in [-0.2, -0.15) is 0 Å². The topological polar surface area (TPSA) is 50.8 Å². The molecule has 3 fully saturated rings. The summed E-state index contributed by atoms with van der Waals surface area (Å²) < 4.78 is 11.7. The van der Waals surface area contributed by atoms with Gasteiger partial charge in [-0.1, -0.05) is 57.6 Å². The Morgan fingerprint density at radius 1 is 1.07 bits per heavy atom. The molecule has 3 aliphatic rings. The number of para-hydroxylation sites is 2. The highest BCUT2D eigenvalue weighted by Crippen LogP contribution is 2.30. The van der Waals surface area contributed by atoms with Crippen LogP contribution >= 0.6 is 0 Å². The lowest BCUT2D eigenvalue weighted by Gasteiger charge is -2.43. The summed E-state index contributed by atoms with van der Waals surface area (Å²) >= 11 is 0. The molecular weight excluding hydrogens is 352 g/mol. The summed E-state index contributed by atoms with van der Waals surface area (Å²) in [6.07, 6.45) is 10.7. The number of carbonyl (C=O) groups is 1. The van der Waals surface area contributed by atoms with Crippen LogP contribution in [0.5, 0.6) is 5.75 Å². The predicted octanol–water partition coefficient (Wildman–Crippen LogP) is 5.46. The Morgan fingerprint density at radius 2 is 1.79 bits per heavy atom. The van der Waals surface area contributed by atoms with E-state index in [4.69, 9.17) is 9.47 Å². The first kappa shape index (κ1) is 21.0. The van der Waals surface area contributed by atoms with Crippen molar-refractivity contribution in [2.24, 2.45) is 5.92 Å². The molecule has 5 nitrogen and oxygen atoms in total. The summed E-state index contributed by atoms with van der Waals surface area (Å²) in [5.41, 5.74) is 0.691. The number of carbonyl (C=O) groups excluding carboxylic acids is 1. The summed E-state index contributed by atoms with van der Waals surface area (Å²) in [5, 5.41) is 2.89. The lowest BCUT2D eigenvalue weighted by atomic mass is 9.86. The van der Waals surface area contributed by atoms with E-state index in [0.717, 1.165) is 44.6 Å². The minimum atomic E-state index is -0.370. The average Bonchev–Trinajstić information content (AvgIpc) is 2.72. The molecule has 0 aliphatic carbocycles. The van der Waals surface area contributed by atoms with Crippen molar-refractivity contribution in [1.82, 2.24) is 4.90 Å². The van der Waals surface area contributed by atoms with Crippen LogP contribution in [-0.2, 0) is 4.74 Å². The quantitative estimate of drug-likeness (QED) is 0.512. The van der Waals surface area contributed by atoms with Crippen LogP contribution in [0.1, 0.15) is 64.7 Å². The second kappa shape index (κ2) is 11.3. The van der Waals surface area contributed by atoms with E-state index >= 15 is 0 Å². The normalized spacial score (nSPS) is 23.4. The van der Waals surface area contributed by atoms with Gasteiger partial charge in [0.1, 0.15) is 11.9 Å². The summed E-state index contributed by atoms with van der Waals surface area (Å²) in [4.78, 5) is 14.8. The Hall–Kier alpha value is -1.75. The average molecular weight is 389 g/mol. The zero-order valence-corrected chi connectivity index (χ0v) is 17.3. The molecule has 28 heavy (non-hydrogen) atoms. The molecule has 1 unspecified atom stereocenters. The van der Waals surface area contributed by atoms with Crippen LogP contribution in [0.15, 0.2) is 24.3 Å². The Kier molecular flexibility index (Phi) is 8.46. The molecule has 1 N–H and O–H groups in total. The van der Waals surface area contributed by atoms with Gasteiger partial charge in [-0.15, -0.1) is 0 Å². The Bertz CT molecular complexity index is 599. The first-order valence-corrected chi connectivity index (χ1v) is 11.2. The molecule has 0 spiro atoms. The minimum Gasteiger partial charge on any atom is -0.491 e. The molecule has 3 heterocycles. The number of ether oxygens (including phenoxy) is 2. The predicted molar refractivity (Wildman–Crippen MR) is 113 cm³/mol. The Balaban J connectivity index is 1.39. The summed E-state index contributed by atoms with van der Waals surface area (Å²) in [7, 11) is 0. The van der Waals surface area contributed by atoms with Crippen molar-refractivity contribution < 1.29 is 14.3 Å². The first-order chi connectivity index (χ1) is 13.8. The van der Waals surface area contributed by atoms with Crippen molar-refractivity contribution in [1.29, 1.82) is 0 Å². The van der Waals surface area contributed by atoms with Crippen LogP contribution < -0.4 is 10.1 Å². The van der Waals surface area contributed by atoms with Crippen LogP contribution in [-0.4, -0.2) is 43.3 Å². The van der Waals surface area contributed by atoms with E-state index in [9.17, 15) is 4.79 Å². The van der Waals surface area contributed by atoms with Gasteiger partial charge in [-0.3, -0.25) is 10.2 Å². The fraction of sp³-hybridized carbons (Fsp3) is 0.696. The van der Waals surface area contributed by atoms with Crippen LogP contribution in [0.2, 0.25) is 0 Å². The maximum Gasteiger partial charge on any atom is 0.412 e. The molecular formula is C23H36N2O3. The molecule has 4 rings (SSSR count). The van der Waals surface area contributed by atoms with Crippen molar-refractivity contribution in [3.8, 4) is 5.75 Å². The molecule has 1 amide bonds. The van der Waals surface area contributed by atoms with Crippen LogP contribution in [0, 0.1) is 5.92 Å². The van der Waals surface area contributed by atoms with Gasteiger partial charge >= 0.3 is 6.09 Å². The number of nitrogens with zero attached hydrogens (tertiary/aromatic N) is 1. The van der Waals surface area contributed by atoms with Crippen molar-refractivity contribution in [3.63, 3.8) is 0 Å². The number of piperidine rings is 3. The molecule has 1 atom stereocenters. The zero-order chi connectivity index (χ0) is 19.6. The summed E-state index contributed by atoms with van der Waals surface area (Å²) in [6, 6.07) is 7.62. The molecule has 156 valence electrons. The molecule has 5 heteroatoms. The van der Waals surface area contributed by atoms with Gasteiger partial charge in [0, 0.05) is 6.54 Å². The largest absolute Gasteiger partial charge is 0.491 e. The maximum atomic E-state index is 12.4. The van der Waals surface area contributed by atoms with Crippen molar-refractivity contribution in [2.45, 2.75) is 70.8 Å². The van der Waals surface area contributed by atoms with E-state index in [2.05, 4.69) is 17.1 Å². The third kappa shape index (κ3) is 6.40. The second-order valence-electron chi connectivity index (χ2n) is 8.17. The standard InChI is InChI=1S/C23H36N2O3/c1-2-3-4-5-6-7-10-17-27-21-12-9-8-11-20(21)24-23(26)28-22-18-25-15-13-19(22)14-16-25/h8-9,11-12,19,22H,2-7,10,13-18H2,1H3,(H,24,26). The molecule has 0 aromatic heterocycles. The highest BCUT2D eigenvalue weighted by molar-refractivity contribution is 5.86. The van der Waals surface area contributed by atoms with Gasteiger partial charge in [0.2, 0.25) is 0 Å². The van der Waals surface area contributed by atoms with Gasteiger partial charge in [0.05, 0.1) is 12.3 Å². The number of rotatable bonds is 11. The Labute approximate surface area is 169 Å². The number of amides is 1. The van der Waals surface area contributed by atoms with E-state index in [1.165, 1.54) is 38.5 Å². The number of nitrogens with one attached hydrogen (secondary N) is 1. The van der Waals surface area contributed by atoms with Crippen molar-refractivity contribution >= 4 is 11.8 Å². The van der Waals surface area contributed by atoms with Gasteiger partial charge in [0.25, 0.3) is 0 Å². The SMILES string of the molecule is CCCCCCCCCOc1ccccc1NC(=O)OC1CN2CCC1CC2. The van der Waals surface area contributed by atoms with E-state index in [0.29, 0.717) is 18.2 Å². The van der Waals surface area contributed by atoms with E-state index in [1.54, 1.807) is 0 Å². The van der Waals surface area contributed by atoms with Gasteiger partial charge in [-0.25, -0.2) is 4.79 Å². The lowest BCUT2D eigenvalue weighted by molar-refractivity contribution is -0.0290. The van der Waals surface area contributed by atoms with Crippen molar-refractivity contribution in [2.75, 3.05) is 31.6 Å². The molecule has 3 saturated heterocycles. The molecule has 0 radical (unpaired) electrons. The monoisotopic (exact) mass is 388 g/mol. The van der Waals surface area contributed by atoms with E-state index in [1.807, 2.05) is 24.3 Å². The van der Waals surface area contributed by atoms with Gasteiger partial charge in [0.15, 0.2) is 0 Å². The Morgan fingerprint density at radius 3 is 2.50 bits per heavy atom. The van der Waals surface area contributed by atoms with E-state index < -0.39 is 0 Å². The van der Waals surface area contributed by atoms with E-state index in [-0.39, 0.29) is 12.2 Å². The summed E-state index contributed by atoms with van der Waals surface area (Å²) in [5.74, 6) is 1.24. The number of unbranched alkanes of at least 4 members (excludes halogenated alkanes) is 6. The molecule has 2 bridgehead atoms. The number of benzene rings is 1. The fourth-order valence-electron chi connectivity index (χ4n) is 4.26. The van der Waals surface area contributed by atoms with Gasteiger partial charge < -0.3 is 9.47 Å². The second-order valence-corrected chi connectivity index (χ2v) is 8.17. The maximum absolute atomic E-state index is 12.4. The first-order valence-electron chi connectivity index (χ1n) is 11.2. The highest BCUT2D eigenvalue weighted by Gasteiger charge is 2.36. The van der Waals surface area contributed by atoms with Crippen molar-refractivity contribution in [3.05, 3.63) is 24.3 Å². The zero-order valence-electron chi connectivity index (χ0n) is 17.3. The number of hydrogen-bond donors (Lipinski definition) is 1. The van der Waals surface area contributed by atoms with Crippen LogP contribution in [0.3, 0.4) is 0 Å². The molecule has 3 aliphatic heterocycles. The van der Waals surface area contributed by atoms with Crippen LogP contribution in [0.4, 0.5) is 10.5 Å². The smallest absolute Gasteiger partial charge is 0.412 e. The fourth-order valence-corrected chi connectivity index (χ4v) is 4.26. The number of hydrogen-bond acceptors (Lipinski definition) is 4. The van der Waals surface area contributed by atoms with Gasteiger partial charge in [-0.05, 0) is 50.4 Å². The highest BCUT2D eigenvalue weighted by atomic mass is 16.6. The molecule has 1 aromatic carbocycles. The summed E-state index contributed by atoms with van der Waals surface area (Å²) in [6.45, 7) is 6.07. The third-order valence-corrected chi connectivity index (χ3v) is 5.98. The third-order valence-electron chi connectivity index (χ3n) is 5.98.